The van der Waals surface area contributed by atoms with E-state index in [1.165, 1.54) is 5.56 Å². The highest BCUT2D eigenvalue weighted by atomic mass is 28.4. The van der Waals surface area contributed by atoms with Crippen LogP contribution in [0.3, 0.4) is 0 Å². The van der Waals surface area contributed by atoms with Crippen LogP contribution in [0.4, 0.5) is 5.69 Å². The third-order valence-electron chi connectivity index (χ3n) is 6.95. The Morgan fingerprint density at radius 2 is 1.75 bits per heavy atom. The number of nitrogens with one attached hydrogen (secondary N) is 1. The van der Waals surface area contributed by atoms with Gasteiger partial charge in [0.05, 0.1) is 12.5 Å². The second kappa shape index (κ2) is 9.44. The largest absolute Gasteiger partial charge is 0.481 e. The van der Waals surface area contributed by atoms with Crippen LogP contribution in [0.25, 0.3) is 0 Å². The Bertz CT molecular complexity index is 628. The molecule has 1 atom stereocenters. The minimum Gasteiger partial charge on any atom is -0.481 e. The molecule has 0 spiro atoms. The van der Waals surface area contributed by atoms with E-state index in [0.29, 0.717) is 11.8 Å². The number of carbonyl (C=O) groups is 1. The van der Waals surface area contributed by atoms with Gasteiger partial charge >= 0.3 is 5.97 Å². The van der Waals surface area contributed by atoms with Crippen molar-refractivity contribution in [2.75, 3.05) is 18.5 Å². The zero-order chi connectivity index (χ0) is 20.9. The highest BCUT2D eigenvalue weighted by Gasteiger charge is 2.36. The third-order valence-corrected chi connectivity index (χ3v) is 11.5. The minimum absolute atomic E-state index is 0.221. The molecule has 158 valence electrons. The predicted molar refractivity (Wildman–Crippen MR) is 120 cm³/mol. The molecule has 4 nitrogen and oxygen atoms in total. The zero-order valence-electron chi connectivity index (χ0n) is 18.5. The molecule has 2 rings (SSSR count). The maximum atomic E-state index is 11.2. The smallest absolute Gasteiger partial charge is 0.306 e. The monoisotopic (exact) mass is 405 g/mol. The van der Waals surface area contributed by atoms with E-state index in [-0.39, 0.29) is 11.0 Å². The summed E-state index contributed by atoms with van der Waals surface area (Å²) in [4.78, 5) is 11.2. The highest BCUT2D eigenvalue weighted by Crippen LogP contribution is 2.39. The van der Waals surface area contributed by atoms with Gasteiger partial charge in [-0.1, -0.05) is 39.8 Å². The lowest BCUT2D eigenvalue weighted by Crippen LogP contribution is -2.41. The molecule has 5 heteroatoms. The van der Waals surface area contributed by atoms with Crippen LogP contribution in [0.15, 0.2) is 24.3 Å². The number of hydrogen-bond donors (Lipinski definition) is 2. The molecule has 1 saturated carbocycles. The van der Waals surface area contributed by atoms with Gasteiger partial charge in [0.1, 0.15) is 0 Å². The summed E-state index contributed by atoms with van der Waals surface area (Å²) in [5.74, 6) is 0.0151. The van der Waals surface area contributed by atoms with E-state index < -0.39 is 14.3 Å². The summed E-state index contributed by atoms with van der Waals surface area (Å²) in [5.41, 5.74) is 2.51. The fraction of sp³-hybridized carbons (Fsp3) is 0.696. The summed E-state index contributed by atoms with van der Waals surface area (Å²) in [6.45, 7) is 14.8. The van der Waals surface area contributed by atoms with Crippen LogP contribution in [-0.2, 0) is 9.22 Å². The van der Waals surface area contributed by atoms with Crippen LogP contribution in [0.5, 0.6) is 0 Å². The van der Waals surface area contributed by atoms with Gasteiger partial charge in [0, 0.05) is 12.2 Å². The van der Waals surface area contributed by atoms with Gasteiger partial charge in [0.15, 0.2) is 8.32 Å². The van der Waals surface area contributed by atoms with E-state index in [2.05, 4.69) is 63.4 Å². The molecule has 0 heterocycles. The number of carboxylic acid groups (broad SMARTS) is 1. The van der Waals surface area contributed by atoms with Gasteiger partial charge in [-0.3, -0.25) is 4.79 Å². The van der Waals surface area contributed by atoms with Crippen molar-refractivity contribution in [3.8, 4) is 0 Å². The minimum atomic E-state index is -1.67. The normalized spacial score (nSPS) is 21.9. The van der Waals surface area contributed by atoms with E-state index in [1.54, 1.807) is 0 Å². The molecule has 0 radical (unpaired) electrons. The second-order valence-electron chi connectivity index (χ2n) is 9.90. The van der Waals surface area contributed by atoms with Crippen LogP contribution in [0.1, 0.15) is 64.9 Å². The maximum Gasteiger partial charge on any atom is 0.306 e. The first-order chi connectivity index (χ1) is 13.0. The second-order valence-corrected chi connectivity index (χ2v) is 14.7. The standard InChI is InChI=1S/C23H39NO3Si/c1-17(22(25)26)18-7-9-19(10-8-18)20-11-13-21(14-12-20)24-15-16-27-28(5,6)23(2,3)4/h11-14,17-19,24H,7-10,15-16H2,1-6H3,(H,25,26)/t17?,18-,19-. The average molecular weight is 406 g/mol. The van der Waals surface area contributed by atoms with Crippen LogP contribution < -0.4 is 5.32 Å². The number of aliphatic carboxylic acids is 1. The van der Waals surface area contributed by atoms with Gasteiger partial charge in [-0.05, 0) is 73.3 Å². The molecule has 1 fully saturated rings. The van der Waals surface area contributed by atoms with Gasteiger partial charge in [-0.25, -0.2) is 0 Å². The summed E-state index contributed by atoms with van der Waals surface area (Å²) in [6, 6.07) is 8.77. The number of rotatable bonds is 8. The first-order valence-electron chi connectivity index (χ1n) is 10.7. The molecule has 0 aliphatic heterocycles. The Morgan fingerprint density at radius 1 is 1.18 bits per heavy atom. The van der Waals surface area contributed by atoms with Crippen LogP contribution in [0.2, 0.25) is 18.1 Å². The first-order valence-corrected chi connectivity index (χ1v) is 13.6. The summed E-state index contributed by atoms with van der Waals surface area (Å²) in [7, 11) is -1.67. The van der Waals surface area contributed by atoms with E-state index in [1.807, 2.05) is 6.92 Å². The summed E-state index contributed by atoms with van der Waals surface area (Å²) in [6.07, 6.45) is 4.22. The Labute approximate surface area is 172 Å². The Kier molecular flexibility index (Phi) is 7.74. The molecule has 28 heavy (non-hydrogen) atoms. The highest BCUT2D eigenvalue weighted by molar-refractivity contribution is 6.74. The van der Waals surface area contributed by atoms with Crippen LogP contribution >= 0.6 is 0 Å². The van der Waals surface area contributed by atoms with Crippen molar-refractivity contribution in [3.05, 3.63) is 29.8 Å². The average Bonchev–Trinajstić information content (AvgIpc) is 2.64. The molecule has 0 bridgehead atoms. The lowest BCUT2D eigenvalue weighted by atomic mass is 9.74. The van der Waals surface area contributed by atoms with Crippen LogP contribution in [-0.4, -0.2) is 32.5 Å². The predicted octanol–water partition coefficient (Wildman–Crippen LogP) is 6.11. The number of anilines is 1. The van der Waals surface area contributed by atoms with Gasteiger partial charge < -0.3 is 14.8 Å². The lowest BCUT2D eigenvalue weighted by Gasteiger charge is -2.36. The zero-order valence-corrected chi connectivity index (χ0v) is 19.5. The Morgan fingerprint density at radius 3 is 2.25 bits per heavy atom. The molecule has 1 unspecified atom stereocenters. The van der Waals surface area contributed by atoms with Crippen molar-refractivity contribution >= 4 is 20.0 Å². The summed E-state index contributed by atoms with van der Waals surface area (Å²) in [5, 5.41) is 12.9. The first kappa shape index (κ1) is 23.0. The fourth-order valence-corrected chi connectivity index (χ4v) is 4.79. The maximum absolute atomic E-state index is 11.2. The molecular formula is C23H39NO3Si. The number of hydrogen-bond acceptors (Lipinski definition) is 3. The Hall–Kier alpha value is -1.33. The molecule has 0 saturated heterocycles. The quantitative estimate of drug-likeness (QED) is 0.404. The molecule has 1 aromatic rings. The third kappa shape index (κ3) is 6.08. The van der Waals surface area contributed by atoms with Crippen molar-refractivity contribution in [3.63, 3.8) is 0 Å². The van der Waals surface area contributed by atoms with Crippen molar-refractivity contribution in [2.24, 2.45) is 11.8 Å². The molecule has 0 amide bonds. The summed E-state index contributed by atoms with van der Waals surface area (Å²) >= 11 is 0. The molecule has 0 aromatic heterocycles. The van der Waals surface area contributed by atoms with Crippen molar-refractivity contribution in [1.82, 2.24) is 0 Å². The van der Waals surface area contributed by atoms with Gasteiger partial charge in [0.2, 0.25) is 0 Å². The van der Waals surface area contributed by atoms with Crippen LogP contribution in [0, 0.1) is 11.8 Å². The molecule has 2 N–H and O–H groups in total. The van der Waals surface area contributed by atoms with E-state index in [9.17, 15) is 9.90 Å². The molecule has 1 aromatic carbocycles. The SMILES string of the molecule is CC(C(=O)O)[C@H]1CC[C@H](c2ccc(NCCO[Si](C)(C)C(C)(C)C)cc2)CC1. The van der Waals surface area contributed by atoms with Gasteiger partial charge in [-0.2, -0.15) is 0 Å². The van der Waals surface area contributed by atoms with Crippen molar-refractivity contribution in [1.29, 1.82) is 0 Å². The van der Waals surface area contributed by atoms with E-state index in [0.717, 1.165) is 44.5 Å². The molecule has 1 aliphatic carbocycles. The van der Waals surface area contributed by atoms with Gasteiger partial charge in [-0.15, -0.1) is 0 Å². The van der Waals surface area contributed by atoms with E-state index >= 15 is 0 Å². The Balaban J connectivity index is 1.77. The number of benzene rings is 1. The molecule has 1 aliphatic rings. The van der Waals surface area contributed by atoms with E-state index in [4.69, 9.17) is 4.43 Å². The lowest BCUT2D eigenvalue weighted by molar-refractivity contribution is -0.143. The topological polar surface area (TPSA) is 58.6 Å². The van der Waals surface area contributed by atoms with Crippen molar-refractivity contribution < 1.29 is 14.3 Å². The number of carboxylic acids is 1. The molecular weight excluding hydrogens is 366 g/mol. The fourth-order valence-electron chi connectivity index (χ4n) is 3.75. The summed E-state index contributed by atoms with van der Waals surface area (Å²) < 4.78 is 6.22. The van der Waals surface area contributed by atoms with Crippen molar-refractivity contribution in [2.45, 2.75) is 77.4 Å². The van der Waals surface area contributed by atoms with Gasteiger partial charge in [0.25, 0.3) is 0 Å².